The van der Waals surface area contributed by atoms with Crippen LogP contribution in [0.4, 0.5) is 0 Å². The summed E-state index contributed by atoms with van der Waals surface area (Å²) in [6, 6.07) is 0. The van der Waals surface area contributed by atoms with E-state index in [0.29, 0.717) is 12.5 Å². The Morgan fingerprint density at radius 1 is 1.22 bits per heavy atom. The molecule has 0 aromatic heterocycles. The smallest absolute Gasteiger partial charge is 0.326 e. The highest BCUT2D eigenvalue weighted by molar-refractivity contribution is 5.80. The Hall–Kier alpha value is -0.570. The van der Waals surface area contributed by atoms with Gasteiger partial charge in [-0.2, -0.15) is 0 Å². The van der Waals surface area contributed by atoms with Gasteiger partial charge in [0.2, 0.25) is 0 Å². The van der Waals surface area contributed by atoms with Crippen molar-refractivity contribution in [2.24, 2.45) is 11.8 Å². The fraction of sp³-hybridized carbons (Fsp3) is 0.933. The minimum Gasteiger partial charge on any atom is -0.465 e. The standard InChI is InChI=1S/C15H27NO2/c1-3-18-14(17)15(2,16-11-12-9-10-12)13-7-5-4-6-8-13/h12-13,16H,3-11H2,1-2H3. The summed E-state index contributed by atoms with van der Waals surface area (Å²) in [5.74, 6) is 1.20. The average molecular weight is 253 g/mol. The number of hydrogen-bond acceptors (Lipinski definition) is 3. The van der Waals surface area contributed by atoms with Crippen molar-refractivity contribution in [2.75, 3.05) is 13.2 Å². The van der Waals surface area contributed by atoms with Crippen molar-refractivity contribution in [1.82, 2.24) is 5.32 Å². The predicted molar refractivity (Wildman–Crippen MR) is 72.3 cm³/mol. The normalized spacial score (nSPS) is 24.6. The third-order valence-corrected chi connectivity index (χ3v) is 4.58. The Labute approximate surface area is 111 Å². The van der Waals surface area contributed by atoms with E-state index in [4.69, 9.17) is 4.74 Å². The monoisotopic (exact) mass is 253 g/mol. The van der Waals surface area contributed by atoms with Crippen LogP contribution in [-0.4, -0.2) is 24.7 Å². The Kier molecular flexibility index (Phi) is 4.66. The van der Waals surface area contributed by atoms with Gasteiger partial charge in [-0.25, -0.2) is 0 Å². The van der Waals surface area contributed by atoms with Gasteiger partial charge in [-0.05, 0) is 57.9 Å². The van der Waals surface area contributed by atoms with Gasteiger partial charge < -0.3 is 10.1 Å². The van der Waals surface area contributed by atoms with E-state index in [2.05, 4.69) is 12.2 Å². The van der Waals surface area contributed by atoms with E-state index in [1.54, 1.807) is 0 Å². The Bertz CT molecular complexity index is 282. The van der Waals surface area contributed by atoms with Crippen molar-refractivity contribution >= 4 is 5.97 Å². The van der Waals surface area contributed by atoms with Crippen LogP contribution >= 0.6 is 0 Å². The molecule has 0 aliphatic heterocycles. The van der Waals surface area contributed by atoms with Crippen LogP contribution in [0.1, 0.15) is 58.8 Å². The number of ether oxygens (including phenoxy) is 1. The molecule has 0 heterocycles. The number of nitrogens with one attached hydrogen (secondary N) is 1. The van der Waals surface area contributed by atoms with Gasteiger partial charge in [0.05, 0.1) is 6.61 Å². The molecule has 0 radical (unpaired) electrons. The average Bonchev–Trinajstić information content (AvgIpc) is 3.21. The second kappa shape index (κ2) is 6.05. The largest absolute Gasteiger partial charge is 0.465 e. The van der Waals surface area contributed by atoms with Gasteiger partial charge in [0, 0.05) is 0 Å². The zero-order valence-corrected chi connectivity index (χ0v) is 11.8. The molecule has 0 aromatic rings. The predicted octanol–water partition coefficient (Wildman–Crippen LogP) is 2.89. The topological polar surface area (TPSA) is 38.3 Å². The maximum Gasteiger partial charge on any atom is 0.326 e. The molecule has 0 aromatic carbocycles. The fourth-order valence-electron chi connectivity index (χ4n) is 3.02. The van der Waals surface area contributed by atoms with Crippen molar-refractivity contribution in [3.63, 3.8) is 0 Å². The summed E-state index contributed by atoms with van der Waals surface area (Å²) < 4.78 is 5.31. The van der Waals surface area contributed by atoms with Crippen LogP contribution in [0.2, 0.25) is 0 Å². The van der Waals surface area contributed by atoms with E-state index in [0.717, 1.165) is 25.3 Å². The molecule has 104 valence electrons. The van der Waals surface area contributed by atoms with Gasteiger partial charge in [-0.15, -0.1) is 0 Å². The molecule has 0 saturated heterocycles. The van der Waals surface area contributed by atoms with E-state index in [1.165, 1.54) is 32.1 Å². The first-order valence-electron chi connectivity index (χ1n) is 7.59. The molecule has 3 heteroatoms. The lowest BCUT2D eigenvalue weighted by molar-refractivity contribution is -0.153. The molecular formula is C15H27NO2. The summed E-state index contributed by atoms with van der Waals surface area (Å²) in [5.41, 5.74) is -0.459. The van der Waals surface area contributed by atoms with Crippen LogP contribution in [0.3, 0.4) is 0 Å². The van der Waals surface area contributed by atoms with Gasteiger partial charge in [0.1, 0.15) is 5.54 Å². The van der Waals surface area contributed by atoms with E-state index in [9.17, 15) is 4.79 Å². The van der Waals surface area contributed by atoms with E-state index < -0.39 is 5.54 Å². The summed E-state index contributed by atoms with van der Waals surface area (Å²) in [5, 5.41) is 3.54. The molecule has 1 N–H and O–H groups in total. The first-order chi connectivity index (χ1) is 8.66. The SMILES string of the molecule is CCOC(=O)C(C)(NCC1CC1)C1CCCCC1. The fourth-order valence-corrected chi connectivity index (χ4v) is 3.02. The van der Waals surface area contributed by atoms with Crippen LogP contribution in [0, 0.1) is 11.8 Å². The molecular weight excluding hydrogens is 226 g/mol. The molecule has 2 saturated carbocycles. The van der Waals surface area contributed by atoms with Crippen LogP contribution in [0.25, 0.3) is 0 Å². The van der Waals surface area contributed by atoms with Gasteiger partial charge >= 0.3 is 5.97 Å². The number of carbonyl (C=O) groups is 1. The Morgan fingerprint density at radius 3 is 2.44 bits per heavy atom. The van der Waals surface area contributed by atoms with Crippen molar-refractivity contribution in [1.29, 1.82) is 0 Å². The van der Waals surface area contributed by atoms with E-state index >= 15 is 0 Å². The zero-order chi connectivity index (χ0) is 13.0. The molecule has 2 rings (SSSR count). The maximum atomic E-state index is 12.3. The highest BCUT2D eigenvalue weighted by Crippen LogP contribution is 2.35. The first-order valence-corrected chi connectivity index (χ1v) is 7.59. The number of hydrogen-bond donors (Lipinski definition) is 1. The Morgan fingerprint density at radius 2 is 1.89 bits per heavy atom. The van der Waals surface area contributed by atoms with Crippen molar-refractivity contribution in [2.45, 2.75) is 64.3 Å². The summed E-state index contributed by atoms with van der Waals surface area (Å²) in [7, 11) is 0. The lowest BCUT2D eigenvalue weighted by atomic mass is 9.75. The summed E-state index contributed by atoms with van der Waals surface area (Å²) in [6.07, 6.45) is 8.78. The van der Waals surface area contributed by atoms with Gasteiger partial charge in [-0.1, -0.05) is 19.3 Å². The van der Waals surface area contributed by atoms with Gasteiger partial charge in [0.25, 0.3) is 0 Å². The summed E-state index contributed by atoms with van der Waals surface area (Å²) in [4.78, 5) is 12.3. The van der Waals surface area contributed by atoms with E-state index in [-0.39, 0.29) is 5.97 Å². The van der Waals surface area contributed by atoms with Crippen LogP contribution in [-0.2, 0) is 9.53 Å². The molecule has 0 amide bonds. The molecule has 0 bridgehead atoms. The van der Waals surface area contributed by atoms with Crippen LogP contribution < -0.4 is 5.32 Å². The second-order valence-corrected chi connectivity index (χ2v) is 6.08. The lowest BCUT2D eigenvalue weighted by Crippen LogP contribution is -2.56. The number of carbonyl (C=O) groups excluding carboxylic acids is 1. The molecule has 1 unspecified atom stereocenters. The molecule has 2 fully saturated rings. The number of rotatable bonds is 6. The lowest BCUT2D eigenvalue weighted by Gasteiger charge is -2.38. The number of esters is 1. The van der Waals surface area contributed by atoms with Crippen LogP contribution in [0.5, 0.6) is 0 Å². The third kappa shape index (κ3) is 3.25. The second-order valence-electron chi connectivity index (χ2n) is 6.08. The summed E-state index contributed by atoms with van der Waals surface area (Å²) >= 11 is 0. The van der Waals surface area contributed by atoms with Gasteiger partial charge in [-0.3, -0.25) is 4.79 Å². The molecule has 2 aliphatic carbocycles. The van der Waals surface area contributed by atoms with Gasteiger partial charge in [0.15, 0.2) is 0 Å². The quantitative estimate of drug-likeness (QED) is 0.740. The van der Waals surface area contributed by atoms with Crippen LogP contribution in [0.15, 0.2) is 0 Å². The zero-order valence-electron chi connectivity index (χ0n) is 11.8. The molecule has 0 spiro atoms. The van der Waals surface area contributed by atoms with Crippen molar-refractivity contribution < 1.29 is 9.53 Å². The summed E-state index contributed by atoms with van der Waals surface area (Å²) in [6.45, 7) is 5.40. The molecule has 1 atom stereocenters. The van der Waals surface area contributed by atoms with Crippen molar-refractivity contribution in [3.8, 4) is 0 Å². The van der Waals surface area contributed by atoms with E-state index in [1.807, 2.05) is 6.92 Å². The minimum absolute atomic E-state index is 0.0439. The van der Waals surface area contributed by atoms with Crippen molar-refractivity contribution in [3.05, 3.63) is 0 Å². The third-order valence-electron chi connectivity index (χ3n) is 4.58. The maximum absolute atomic E-state index is 12.3. The molecule has 18 heavy (non-hydrogen) atoms. The first kappa shape index (κ1) is 13.9. The molecule has 2 aliphatic rings. The highest BCUT2D eigenvalue weighted by atomic mass is 16.5. The Balaban J connectivity index is 2.00. The molecule has 3 nitrogen and oxygen atoms in total. The minimum atomic E-state index is -0.459. The highest BCUT2D eigenvalue weighted by Gasteiger charge is 2.43.